The van der Waals surface area contributed by atoms with Gasteiger partial charge in [-0.05, 0) is 24.8 Å². The number of carbonyl (C=O) groups is 1. The lowest BCUT2D eigenvalue weighted by atomic mass is 10.1. The van der Waals surface area contributed by atoms with Gasteiger partial charge in [0.05, 0.1) is 12.1 Å². The molecule has 0 aliphatic heterocycles. The fraction of sp³-hybridized carbons (Fsp3) is 0.350. The third kappa shape index (κ3) is 4.09. The number of aliphatic hydroxyl groups excluding tert-OH is 1. The average Bonchev–Trinajstić information content (AvgIpc) is 3.39. The first-order valence-corrected chi connectivity index (χ1v) is 9.20. The van der Waals surface area contributed by atoms with E-state index in [2.05, 4.69) is 20.0 Å². The Labute approximate surface area is 157 Å². The minimum absolute atomic E-state index is 0.129. The molecule has 1 aromatic carbocycles. The molecule has 140 valence electrons. The Bertz CT molecular complexity index is 875. The number of amides is 1. The van der Waals surface area contributed by atoms with Gasteiger partial charge in [0, 0.05) is 36.9 Å². The normalized spacial score (nSPS) is 22.0. The first kappa shape index (κ1) is 17.5. The predicted molar refractivity (Wildman–Crippen MR) is 101 cm³/mol. The second-order valence-electron chi connectivity index (χ2n) is 7.05. The standard InChI is InChI=1S/C20H23N5O2/c26-18-12-15(11-17(18)23-19(27)14-25-9-4-7-22-25)13-24-10-8-21-20(24)16-5-2-1-3-6-16/h1-10,15,17-18,26H,11-14H2,(H,23,27)/t15?,17-,18-/m1/s1. The fourth-order valence-electron chi connectivity index (χ4n) is 3.80. The second-order valence-corrected chi connectivity index (χ2v) is 7.05. The lowest BCUT2D eigenvalue weighted by Crippen LogP contribution is -2.41. The maximum Gasteiger partial charge on any atom is 0.242 e. The summed E-state index contributed by atoms with van der Waals surface area (Å²) in [5.74, 6) is 1.08. The number of aliphatic hydroxyl groups is 1. The summed E-state index contributed by atoms with van der Waals surface area (Å²) >= 11 is 0. The van der Waals surface area contributed by atoms with Crippen LogP contribution in [0.5, 0.6) is 0 Å². The van der Waals surface area contributed by atoms with Crippen molar-refractivity contribution in [2.75, 3.05) is 0 Å². The number of aromatic nitrogens is 4. The van der Waals surface area contributed by atoms with Crippen molar-refractivity contribution in [3.05, 3.63) is 61.2 Å². The highest BCUT2D eigenvalue weighted by atomic mass is 16.3. The van der Waals surface area contributed by atoms with E-state index in [9.17, 15) is 9.90 Å². The molecule has 2 aromatic heterocycles. The van der Waals surface area contributed by atoms with Crippen LogP contribution in [0.1, 0.15) is 12.8 Å². The number of benzene rings is 1. The molecular weight excluding hydrogens is 342 g/mol. The van der Waals surface area contributed by atoms with Crippen molar-refractivity contribution in [3.63, 3.8) is 0 Å². The highest BCUT2D eigenvalue weighted by molar-refractivity contribution is 5.76. The molecule has 4 rings (SSSR count). The molecular formula is C20H23N5O2. The van der Waals surface area contributed by atoms with Gasteiger partial charge in [0.1, 0.15) is 12.4 Å². The zero-order valence-corrected chi connectivity index (χ0v) is 15.0. The molecule has 1 aliphatic rings. The van der Waals surface area contributed by atoms with E-state index in [0.29, 0.717) is 6.42 Å². The number of nitrogens with one attached hydrogen (secondary N) is 1. The average molecular weight is 365 g/mol. The maximum absolute atomic E-state index is 12.2. The molecule has 0 radical (unpaired) electrons. The highest BCUT2D eigenvalue weighted by Crippen LogP contribution is 2.29. The number of carbonyl (C=O) groups excluding carboxylic acids is 1. The van der Waals surface area contributed by atoms with E-state index >= 15 is 0 Å². The van der Waals surface area contributed by atoms with Crippen LogP contribution >= 0.6 is 0 Å². The predicted octanol–water partition coefficient (Wildman–Crippen LogP) is 1.70. The van der Waals surface area contributed by atoms with Crippen LogP contribution in [0, 0.1) is 5.92 Å². The number of hydrogen-bond acceptors (Lipinski definition) is 4. The van der Waals surface area contributed by atoms with Gasteiger partial charge in [-0.3, -0.25) is 9.48 Å². The molecule has 0 bridgehead atoms. The lowest BCUT2D eigenvalue weighted by Gasteiger charge is -2.16. The van der Waals surface area contributed by atoms with Crippen molar-refractivity contribution in [1.29, 1.82) is 0 Å². The van der Waals surface area contributed by atoms with Crippen LogP contribution in [-0.2, 0) is 17.9 Å². The second kappa shape index (κ2) is 7.75. The Morgan fingerprint density at radius 1 is 1.15 bits per heavy atom. The molecule has 3 aromatic rings. The Morgan fingerprint density at radius 3 is 2.78 bits per heavy atom. The molecule has 27 heavy (non-hydrogen) atoms. The van der Waals surface area contributed by atoms with E-state index in [4.69, 9.17) is 0 Å². The van der Waals surface area contributed by atoms with Gasteiger partial charge in [-0.1, -0.05) is 30.3 Å². The van der Waals surface area contributed by atoms with E-state index in [1.807, 2.05) is 36.5 Å². The Morgan fingerprint density at radius 2 is 2.00 bits per heavy atom. The zero-order chi connectivity index (χ0) is 18.6. The van der Waals surface area contributed by atoms with Gasteiger partial charge >= 0.3 is 0 Å². The van der Waals surface area contributed by atoms with Crippen molar-refractivity contribution >= 4 is 5.91 Å². The molecule has 0 saturated heterocycles. The third-order valence-electron chi connectivity index (χ3n) is 5.04. The Balaban J connectivity index is 1.37. The Hall–Kier alpha value is -2.93. The molecule has 1 amide bonds. The minimum atomic E-state index is -0.528. The molecule has 0 spiro atoms. The molecule has 1 unspecified atom stereocenters. The van der Waals surface area contributed by atoms with Gasteiger partial charge in [0.25, 0.3) is 0 Å². The zero-order valence-electron chi connectivity index (χ0n) is 15.0. The number of hydrogen-bond donors (Lipinski definition) is 2. The summed E-state index contributed by atoms with van der Waals surface area (Å²) in [6.07, 6.45) is 8.05. The van der Waals surface area contributed by atoms with Crippen molar-refractivity contribution < 1.29 is 9.90 Å². The first-order chi connectivity index (χ1) is 13.2. The molecule has 3 atom stereocenters. The van der Waals surface area contributed by atoms with Gasteiger partial charge in [-0.25, -0.2) is 4.98 Å². The topological polar surface area (TPSA) is 85.0 Å². The van der Waals surface area contributed by atoms with Crippen LogP contribution in [0.3, 0.4) is 0 Å². The number of rotatable bonds is 6. The van der Waals surface area contributed by atoms with Crippen LogP contribution in [0.15, 0.2) is 61.2 Å². The Kier molecular flexibility index (Phi) is 5.02. The third-order valence-corrected chi connectivity index (χ3v) is 5.04. The number of imidazole rings is 1. The number of nitrogens with zero attached hydrogens (tertiary/aromatic N) is 4. The summed E-state index contributed by atoms with van der Waals surface area (Å²) in [5.41, 5.74) is 1.07. The van der Waals surface area contributed by atoms with Crippen LogP contribution < -0.4 is 5.32 Å². The van der Waals surface area contributed by atoms with Crippen molar-refractivity contribution in [3.8, 4) is 11.4 Å². The minimum Gasteiger partial charge on any atom is -0.391 e. The van der Waals surface area contributed by atoms with Gasteiger partial charge < -0.3 is 15.0 Å². The highest BCUT2D eigenvalue weighted by Gasteiger charge is 2.34. The van der Waals surface area contributed by atoms with Gasteiger partial charge in [-0.15, -0.1) is 0 Å². The first-order valence-electron chi connectivity index (χ1n) is 9.20. The monoisotopic (exact) mass is 365 g/mol. The molecule has 2 N–H and O–H groups in total. The summed E-state index contributed by atoms with van der Waals surface area (Å²) in [6, 6.07) is 11.6. The van der Waals surface area contributed by atoms with Gasteiger partial charge in [0.15, 0.2) is 0 Å². The van der Waals surface area contributed by atoms with E-state index in [-0.39, 0.29) is 24.4 Å². The van der Waals surface area contributed by atoms with Crippen LogP contribution in [-0.4, -0.2) is 42.5 Å². The van der Waals surface area contributed by atoms with Gasteiger partial charge in [0.2, 0.25) is 5.91 Å². The molecule has 1 saturated carbocycles. The molecule has 7 heteroatoms. The van der Waals surface area contributed by atoms with Crippen molar-refractivity contribution in [2.24, 2.45) is 5.92 Å². The summed E-state index contributed by atoms with van der Waals surface area (Å²) < 4.78 is 3.70. The van der Waals surface area contributed by atoms with Gasteiger partial charge in [-0.2, -0.15) is 5.10 Å². The van der Waals surface area contributed by atoms with Crippen LogP contribution in [0.25, 0.3) is 11.4 Å². The SMILES string of the molecule is O=C(Cn1cccn1)N[C@@H]1CC(Cn2ccnc2-c2ccccc2)C[C@H]1O. The van der Waals surface area contributed by atoms with E-state index in [1.54, 1.807) is 29.3 Å². The molecule has 1 aliphatic carbocycles. The van der Waals surface area contributed by atoms with E-state index < -0.39 is 6.10 Å². The quantitative estimate of drug-likeness (QED) is 0.696. The lowest BCUT2D eigenvalue weighted by molar-refractivity contribution is -0.123. The fourth-order valence-corrected chi connectivity index (χ4v) is 3.80. The summed E-state index contributed by atoms with van der Waals surface area (Å²) in [6.45, 7) is 0.938. The summed E-state index contributed by atoms with van der Waals surface area (Å²) in [5, 5.41) is 17.4. The maximum atomic E-state index is 12.2. The van der Waals surface area contributed by atoms with Crippen LogP contribution in [0.2, 0.25) is 0 Å². The van der Waals surface area contributed by atoms with E-state index in [0.717, 1.165) is 24.4 Å². The van der Waals surface area contributed by atoms with Crippen molar-refractivity contribution in [1.82, 2.24) is 24.6 Å². The summed E-state index contributed by atoms with van der Waals surface area (Å²) in [7, 11) is 0. The van der Waals surface area contributed by atoms with E-state index in [1.165, 1.54) is 0 Å². The molecule has 1 fully saturated rings. The molecule has 7 nitrogen and oxygen atoms in total. The van der Waals surface area contributed by atoms with Crippen molar-refractivity contribution in [2.45, 2.75) is 38.1 Å². The smallest absolute Gasteiger partial charge is 0.242 e. The van der Waals surface area contributed by atoms with Crippen LogP contribution in [0.4, 0.5) is 0 Å². The summed E-state index contributed by atoms with van der Waals surface area (Å²) in [4.78, 5) is 16.7. The molecule has 2 heterocycles. The largest absolute Gasteiger partial charge is 0.391 e.